The second kappa shape index (κ2) is 5.82. The number of rotatable bonds is 4. The van der Waals surface area contributed by atoms with Crippen LogP contribution in [0.3, 0.4) is 0 Å². The second-order valence-electron chi connectivity index (χ2n) is 7.31. The first kappa shape index (κ1) is 15.5. The lowest BCUT2D eigenvalue weighted by Crippen LogP contribution is -2.61. The average Bonchev–Trinajstić information content (AvgIpc) is 2.33. The van der Waals surface area contributed by atoms with Crippen molar-refractivity contribution in [3.05, 3.63) is 35.9 Å². The zero-order valence-corrected chi connectivity index (χ0v) is 13.1. The summed E-state index contributed by atoms with van der Waals surface area (Å²) in [6.45, 7) is 9.11. The summed E-state index contributed by atoms with van der Waals surface area (Å²) in [6.07, 6.45) is 2.46. The molecule has 0 amide bonds. The number of hydrogen-bond acceptors (Lipinski definition) is 2. The van der Waals surface area contributed by atoms with E-state index in [1.807, 2.05) is 18.2 Å². The predicted molar refractivity (Wildman–Crippen MR) is 82.3 cm³/mol. The van der Waals surface area contributed by atoms with Crippen molar-refractivity contribution in [2.45, 2.75) is 64.1 Å². The quantitative estimate of drug-likeness (QED) is 0.844. The van der Waals surface area contributed by atoms with E-state index < -0.39 is 0 Å². The van der Waals surface area contributed by atoms with Crippen LogP contribution in [0, 0.1) is 0 Å². The van der Waals surface area contributed by atoms with Crippen molar-refractivity contribution in [1.82, 2.24) is 10.4 Å². The molecule has 1 aromatic carbocycles. The maximum absolute atomic E-state index is 14.5. The minimum absolute atomic E-state index is 0.00459. The summed E-state index contributed by atoms with van der Waals surface area (Å²) in [5, 5.41) is 4.65. The Balaban J connectivity index is 1.93. The molecule has 1 aromatic rings. The van der Waals surface area contributed by atoms with Crippen molar-refractivity contribution < 1.29 is 4.48 Å². The van der Waals surface area contributed by atoms with Crippen LogP contribution in [0.25, 0.3) is 0 Å². The van der Waals surface area contributed by atoms with E-state index in [0.29, 0.717) is 6.54 Å². The Morgan fingerprint density at radius 3 is 2.20 bits per heavy atom. The minimum atomic E-state index is -0.0104. The molecule has 112 valence electrons. The van der Waals surface area contributed by atoms with Gasteiger partial charge in [-0.3, -0.25) is 0 Å². The van der Waals surface area contributed by atoms with Crippen LogP contribution >= 0.6 is 0 Å². The van der Waals surface area contributed by atoms with E-state index in [9.17, 15) is 4.48 Å². The Morgan fingerprint density at radius 1 is 1.10 bits per heavy atom. The molecule has 3 heteroatoms. The standard InChI is InChI=1S/C17H27FN2/c1-16(2)12-15(13-17(3,4)19-16)20(18)11-10-14-8-6-5-7-9-14/h5-9,15,19H,10-13H2,1-4H3. The highest BCUT2D eigenvalue weighted by atomic mass is 19.2. The number of hydrogen-bond donors (Lipinski definition) is 1. The van der Waals surface area contributed by atoms with Gasteiger partial charge in [0.25, 0.3) is 0 Å². The minimum Gasteiger partial charge on any atom is -0.307 e. The maximum Gasteiger partial charge on any atom is 0.0437 e. The lowest BCUT2D eigenvalue weighted by molar-refractivity contribution is -0.0618. The molecule has 0 radical (unpaired) electrons. The zero-order chi connectivity index (χ0) is 14.8. The summed E-state index contributed by atoms with van der Waals surface area (Å²) in [6, 6.07) is 10.1. The first-order valence-corrected chi connectivity index (χ1v) is 7.53. The van der Waals surface area contributed by atoms with Crippen molar-refractivity contribution >= 4 is 0 Å². The van der Waals surface area contributed by atoms with Gasteiger partial charge in [-0.25, -0.2) is 0 Å². The highest BCUT2D eigenvalue weighted by Gasteiger charge is 2.40. The summed E-state index contributed by atoms with van der Waals surface area (Å²) in [7, 11) is 0. The van der Waals surface area contributed by atoms with Crippen LogP contribution in [0.4, 0.5) is 4.48 Å². The lowest BCUT2D eigenvalue weighted by Gasteiger charge is -2.47. The topological polar surface area (TPSA) is 15.3 Å². The molecule has 1 aliphatic rings. The Bertz CT molecular complexity index is 412. The van der Waals surface area contributed by atoms with Crippen molar-refractivity contribution in [2.24, 2.45) is 0 Å². The van der Waals surface area contributed by atoms with Crippen LogP contribution in [0.5, 0.6) is 0 Å². The first-order chi connectivity index (χ1) is 9.27. The molecule has 20 heavy (non-hydrogen) atoms. The molecule has 0 unspecified atom stereocenters. The number of piperidine rings is 1. The van der Waals surface area contributed by atoms with E-state index in [-0.39, 0.29) is 17.1 Å². The van der Waals surface area contributed by atoms with Crippen LogP contribution in [-0.2, 0) is 6.42 Å². The van der Waals surface area contributed by atoms with Gasteiger partial charge < -0.3 is 5.32 Å². The third kappa shape index (κ3) is 4.29. The molecule has 0 atom stereocenters. The Kier molecular flexibility index (Phi) is 4.50. The third-order valence-electron chi connectivity index (χ3n) is 4.02. The molecule has 0 aliphatic carbocycles. The summed E-state index contributed by atoms with van der Waals surface area (Å²) in [5.74, 6) is 0. The summed E-state index contributed by atoms with van der Waals surface area (Å²) >= 11 is 0. The van der Waals surface area contributed by atoms with Crippen molar-refractivity contribution in [3.8, 4) is 0 Å². The highest BCUT2D eigenvalue weighted by molar-refractivity contribution is 5.14. The van der Waals surface area contributed by atoms with Gasteiger partial charge in [0.1, 0.15) is 0 Å². The van der Waals surface area contributed by atoms with Gasteiger partial charge in [-0.2, -0.15) is 0 Å². The molecule has 1 fully saturated rings. The largest absolute Gasteiger partial charge is 0.307 e. The van der Waals surface area contributed by atoms with Gasteiger partial charge in [-0.05, 0) is 52.5 Å². The van der Waals surface area contributed by atoms with Crippen LogP contribution < -0.4 is 5.32 Å². The van der Waals surface area contributed by atoms with Gasteiger partial charge in [-0.1, -0.05) is 30.3 Å². The average molecular weight is 278 g/mol. The van der Waals surface area contributed by atoms with E-state index in [4.69, 9.17) is 0 Å². The number of nitrogens with zero attached hydrogens (tertiary/aromatic N) is 1. The highest BCUT2D eigenvalue weighted by Crippen LogP contribution is 2.31. The Labute approximate surface area is 122 Å². The Morgan fingerprint density at radius 2 is 1.65 bits per heavy atom. The fourth-order valence-electron chi connectivity index (χ4n) is 3.53. The van der Waals surface area contributed by atoms with Crippen LogP contribution in [0.15, 0.2) is 30.3 Å². The van der Waals surface area contributed by atoms with E-state index >= 15 is 0 Å². The van der Waals surface area contributed by atoms with E-state index in [1.165, 1.54) is 5.56 Å². The predicted octanol–water partition coefficient (Wildman–Crippen LogP) is 3.72. The van der Waals surface area contributed by atoms with E-state index in [1.54, 1.807) is 0 Å². The fraction of sp³-hybridized carbons (Fsp3) is 0.647. The van der Waals surface area contributed by atoms with Gasteiger partial charge in [0.15, 0.2) is 0 Å². The number of halogens is 1. The van der Waals surface area contributed by atoms with Gasteiger partial charge in [0, 0.05) is 23.7 Å². The van der Waals surface area contributed by atoms with Gasteiger partial charge in [0.05, 0.1) is 0 Å². The van der Waals surface area contributed by atoms with Crippen molar-refractivity contribution in [3.63, 3.8) is 0 Å². The summed E-state index contributed by atoms with van der Waals surface area (Å²) in [5.41, 5.74) is 1.18. The zero-order valence-electron chi connectivity index (χ0n) is 13.1. The molecule has 1 heterocycles. The van der Waals surface area contributed by atoms with Gasteiger partial charge in [0.2, 0.25) is 0 Å². The van der Waals surface area contributed by atoms with Crippen LogP contribution in [0.2, 0.25) is 0 Å². The van der Waals surface area contributed by atoms with Crippen molar-refractivity contribution in [2.75, 3.05) is 6.54 Å². The molecule has 1 N–H and O–H groups in total. The van der Waals surface area contributed by atoms with Crippen LogP contribution in [0.1, 0.15) is 46.1 Å². The number of benzene rings is 1. The molecule has 0 bridgehead atoms. The molecule has 2 nitrogen and oxygen atoms in total. The third-order valence-corrected chi connectivity index (χ3v) is 4.02. The molecular weight excluding hydrogens is 251 g/mol. The second-order valence-corrected chi connectivity index (χ2v) is 7.31. The normalized spacial score (nSPS) is 22.1. The van der Waals surface area contributed by atoms with Gasteiger partial charge in [-0.15, -0.1) is 9.60 Å². The van der Waals surface area contributed by atoms with Crippen molar-refractivity contribution in [1.29, 1.82) is 0 Å². The molecule has 0 saturated carbocycles. The Hall–Kier alpha value is -0.930. The fourth-order valence-corrected chi connectivity index (χ4v) is 3.53. The van der Waals surface area contributed by atoms with Gasteiger partial charge >= 0.3 is 0 Å². The molecule has 1 aliphatic heterocycles. The molecular formula is C17H27FN2. The molecule has 0 aromatic heterocycles. The molecule has 1 saturated heterocycles. The number of nitrogens with one attached hydrogen (secondary N) is 1. The van der Waals surface area contributed by atoms with E-state index in [0.717, 1.165) is 24.4 Å². The lowest BCUT2D eigenvalue weighted by atomic mass is 9.79. The monoisotopic (exact) mass is 278 g/mol. The summed E-state index contributed by atoms with van der Waals surface area (Å²) in [4.78, 5) is 0. The smallest absolute Gasteiger partial charge is 0.0437 e. The maximum atomic E-state index is 14.5. The summed E-state index contributed by atoms with van der Waals surface area (Å²) < 4.78 is 14.5. The van der Waals surface area contributed by atoms with E-state index in [2.05, 4.69) is 45.1 Å². The van der Waals surface area contributed by atoms with Crippen LogP contribution in [-0.4, -0.2) is 28.8 Å². The molecule has 0 spiro atoms. The SMILES string of the molecule is CC1(C)CC(N(F)CCc2ccccc2)CC(C)(C)N1. The first-order valence-electron chi connectivity index (χ1n) is 7.53. The molecule has 2 rings (SSSR count).